The van der Waals surface area contributed by atoms with Crippen molar-refractivity contribution >= 4 is 40.2 Å². The van der Waals surface area contributed by atoms with Crippen molar-refractivity contribution in [1.82, 2.24) is 20.9 Å². The molecule has 3 unspecified atom stereocenters. The zero-order chi connectivity index (χ0) is 30.0. The van der Waals surface area contributed by atoms with Gasteiger partial charge in [-0.15, -0.1) is 0 Å². The fourth-order valence-electron chi connectivity index (χ4n) is 4.68. The molecule has 224 valence electrons. The third kappa shape index (κ3) is 9.63. The Kier molecular flexibility index (Phi) is 11.8. The molecule has 4 N–H and O–H groups in total. The highest BCUT2D eigenvalue weighted by Gasteiger charge is 2.31. The lowest BCUT2D eigenvalue weighted by atomic mass is 9.87. The smallest absolute Gasteiger partial charge is 0.268 e. The van der Waals surface area contributed by atoms with E-state index in [-0.39, 0.29) is 29.4 Å². The molecule has 0 spiro atoms. The van der Waals surface area contributed by atoms with Crippen LogP contribution in [0.2, 0.25) is 5.02 Å². The van der Waals surface area contributed by atoms with Crippen molar-refractivity contribution in [3.05, 3.63) is 28.9 Å². The summed E-state index contributed by atoms with van der Waals surface area (Å²) in [5, 5.41) is 19.1. The predicted octanol–water partition coefficient (Wildman–Crippen LogP) is 3.32. The molecule has 1 fully saturated rings. The van der Waals surface area contributed by atoms with Crippen molar-refractivity contribution in [1.29, 1.82) is 5.26 Å². The van der Waals surface area contributed by atoms with E-state index in [0.717, 1.165) is 6.42 Å². The van der Waals surface area contributed by atoms with Crippen molar-refractivity contribution in [2.24, 2.45) is 11.3 Å². The van der Waals surface area contributed by atoms with Gasteiger partial charge in [0, 0.05) is 25.0 Å². The Bertz CT molecular complexity index is 1250. The zero-order valence-corrected chi connectivity index (χ0v) is 24.9. The van der Waals surface area contributed by atoms with E-state index in [9.17, 15) is 19.6 Å². The summed E-state index contributed by atoms with van der Waals surface area (Å²) in [7, 11) is 1.60. The number of aromatic amines is 1. The van der Waals surface area contributed by atoms with E-state index in [1.54, 1.807) is 25.3 Å². The minimum atomic E-state index is -0.916. The quantitative estimate of drug-likeness (QED) is 0.246. The lowest BCUT2D eigenvalue weighted by Crippen LogP contribution is -2.51. The van der Waals surface area contributed by atoms with Crippen molar-refractivity contribution < 1.29 is 28.6 Å². The summed E-state index contributed by atoms with van der Waals surface area (Å²) >= 11 is 6.39. The first-order valence-electron chi connectivity index (χ1n) is 13.8. The van der Waals surface area contributed by atoms with Crippen molar-refractivity contribution in [3.63, 3.8) is 0 Å². The number of nitrogens with one attached hydrogen (secondary N) is 4. The summed E-state index contributed by atoms with van der Waals surface area (Å²) in [6.45, 7) is 8.10. The highest BCUT2D eigenvalue weighted by Crippen LogP contribution is 2.32. The Morgan fingerprint density at radius 3 is 2.63 bits per heavy atom. The minimum absolute atomic E-state index is 0.107. The maximum absolute atomic E-state index is 13.4. The molecule has 2 heterocycles. The number of nitrogens with zero attached hydrogens (tertiary/aromatic N) is 1. The number of nitriles is 1. The molecule has 1 saturated heterocycles. The summed E-state index contributed by atoms with van der Waals surface area (Å²) in [6, 6.07) is 5.34. The van der Waals surface area contributed by atoms with Crippen LogP contribution >= 0.6 is 11.6 Å². The lowest BCUT2D eigenvalue weighted by Gasteiger charge is -2.28. The van der Waals surface area contributed by atoms with Gasteiger partial charge in [-0.25, -0.2) is 0 Å². The Balaban J connectivity index is 1.72. The molecular weight excluding hydrogens is 550 g/mol. The second-order valence-corrected chi connectivity index (χ2v) is 11.7. The van der Waals surface area contributed by atoms with Gasteiger partial charge in [-0.2, -0.15) is 5.26 Å². The van der Waals surface area contributed by atoms with Gasteiger partial charge in [-0.1, -0.05) is 32.4 Å². The molecule has 0 radical (unpaired) electrons. The molecule has 3 amide bonds. The molecule has 1 aromatic carbocycles. The SMILES string of the molecule is COCCOCCOc1ccc(Cl)c2[nH]c(C(=O)NC(CC(C)(C)C)C(=O)NC(C#N)CC3CCCNC3=O)cc12. The van der Waals surface area contributed by atoms with Crippen molar-refractivity contribution in [2.45, 2.75) is 58.5 Å². The number of hydrogen-bond acceptors (Lipinski definition) is 7. The highest BCUT2D eigenvalue weighted by atomic mass is 35.5. The zero-order valence-electron chi connectivity index (χ0n) is 24.1. The lowest BCUT2D eigenvalue weighted by molar-refractivity contribution is -0.128. The number of carbonyl (C=O) groups excluding carboxylic acids is 3. The fourth-order valence-corrected chi connectivity index (χ4v) is 4.89. The van der Waals surface area contributed by atoms with Crippen LogP contribution in [-0.2, 0) is 19.1 Å². The normalized spacial score (nSPS) is 16.9. The number of amides is 3. The molecular formula is C29H40ClN5O6. The van der Waals surface area contributed by atoms with E-state index in [4.69, 9.17) is 25.8 Å². The molecule has 1 aliphatic rings. The van der Waals surface area contributed by atoms with E-state index < -0.39 is 23.9 Å². The van der Waals surface area contributed by atoms with E-state index in [1.807, 2.05) is 20.8 Å². The summed E-state index contributed by atoms with van der Waals surface area (Å²) < 4.78 is 16.3. The summed E-state index contributed by atoms with van der Waals surface area (Å²) in [5.74, 6) is -0.903. The minimum Gasteiger partial charge on any atom is -0.490 e. The number of benzene rings is 1. The summed E-state index contributed by atoms with van der Waals surface area (Å²) in [6.07, 6.45) is 2.03. The number of aromatic nitrogens is 1. The van der Waals surface area contributed by atoms with Crippen LogP contribution in [0.25, 0.3) is 10.9 Å². The van der Waals surface area contributed by atoms with Crippen molar-refractivity contribution in [3.8, 4) is 11.8 Å². The van der Waals surface area contributed by atoms with Gasteiger partial charge in [0.2, 0.25) is 11.8 Å². The first-order valence-corrected chi connectivity index (χ1v) is 14.2. The number of rotatable bonds is 14. The highest BCUT2D eigenvalue weighted by molar-refractivity contribution is 6.35. The molecule has 0 saturated carbocycles. The van der Waals surface area contributed by atoms with Crippen LogP contribution in [0.5, 0.6) is 5.75 Å². The second-order valence-electron chi connectivity index (χ2n) is 11.3. The number of piperidine rings is 1. The van der Waals surface area contributed by atoms with E-state index in [2.05, 4.69) is 27.0 Å². The molecule has 2 aromatic rings. The molecule has 0 aliphatic carbocycles. The van der Waals surface area contributed by atoms with Crippen molar-refractivity contribution in [2.75, 3.05) is 40.1 Å². The van der Waals surface area contributed by atoms with E-state index in [0.29, 0.717) is 67.5 Å². The first kappa shape index (κ1) is 32.2. The number of carbonyl (C=O) groups is 3. The van der Waals surface area contributed by atoms with Gasteiger partial charge in [0.05, 0.1) is 36.4 Å². The molecule has 41 heavy (non-hydrogen) atoms. The van der Waals surface area contributed by atoms with E-state index in [1.165, 1.54) is 0 Å². The van der Waals surface area contributed by atoms with Crippen LogP contribution in [0.3, 0.4) is 0 Å². The molecule has 3 atom stereocenters. The average molecular weight is 590 g/mol. The summed E-state index contributed by atoms with van der Waals surface area (Å²) in [4.78, 5) is 41.9. The van der Waals surface area contributed by atoms with Gasteiger partial charge in [0.15, 0.2) is 0 Å². The molecule has 1 aromatic heterocycles. The van der Waals surface area contributed by atoms with Crippen LogP contribution < -0.4 is 20.7 Å². The standard InChI is InChI=1S/C29H40ClN5O6/c1-29(2,3)16-23(28(38)33-19(17-31)14-18-6-5-9-32-26(18)36)35-27(37)22-15-20-24(8-7-21(30)25(20)34-22)41-13-12-40-11-10-39-4/h7-8,15,18-19,23,34H,5-6,9-14,16H2,1-4H3,(H,32,36)(H,33,38)(H,35,37). The number of hydrogen-bond donors (Lipinski definition) is 4. The average Bonchev–Trinajstić information content (AvgIpc) is 3.38. The Labute approximate surface area is 245 Å². The number of methoxy groups -OCH3 is 1. The Morgan fingerprint density at radius 2 is 1.95 bits per heavy atom. The van der Waals surface area contributed by atoms with Gasteiger partial charge < -0.3 is 35.1 Å². The fraction of sp³-hybridized carbons (Fsp3) is 0.586. The van der Waals surface area contributed by atoms with Gasteiger partial charge in [0.25, 0.3) is 5.91 Å². The number of halogens is 1. The van der Waals surface area contributed by atoms with Gasteiger partial charge in [0.1, 0.15) is 30.1 Å². The van der Waals surface area contributed by atoms with Crippen LogP contribution in [0.1, 0.15) is 56.9 Å². The second kappa shape index (κ2) is 15.1. The van der Waals surface area contributed by atoms with Crippen LogP contribution in [0.4, 0.5) is 0 Å². The molecule has 12 heteroatoms. The predicted molar refractivity (Wildman–Crippen MR) is 155 cm³/mol. The monoisotopic (exact) mass is 589 g/mol. The Hall–Kier alpha value is -3.33. The third-order valence-electron chi connectivity index (χ3n) is 6.69. The molecule has 3 rings (SSSR count). The number of fused-ring (bicyclic) bond motifs is 1. The third-order valence-corrected chi connectivity index (χ3v) is 7.01. The van der Waals surface area contributed by atoms with Crippen LogP contribution in [0, 0.1) is 22.7 Å². The largest absolute Gasteiger partial charge is 0.490 e. The van der Waals surface area contributed by atoms with Crippen LogP contribution in [-0.4, -0.2) is 74.9 Å². The van der Waals surface area contributed by atoms with Gasteiger partial charge in [-0.05, 0) is 49.3 Å². The first-order chi connectivity index (χ1) is 19.5. The molecule has 0 bridgehead atoms. The summed E-state index contributed by atoms with van der Waals surface area (Å²) in [5.41, 5.74) is 0.426. The topological polar surface area (TPSA) is 155 Å². The van der Waals surface area contributed by atoms with E-state index >= 15 is 0 Å². The number of ether oxygens (including phenoxy) is 3. The maximum atomic E-state index is 13.4. The van der Waals surface area contributed by atoms with Gasteiger partial charge in [-0.3, -0.25) is 14.4 Å². The Morgan fingerprint density at radius 1 is 1.20 bits per heavy atom. The maximum Gasteiger partial charge on any atom is 0.268 e. The molecule has 11 nitrogen and oxygen atoms in total. The number of H-pyrrole nitrogens is 1. The van der Waals surface area contributed by atoms with Gasteiger partial charge >= 0.3 is 0 Å². The molecule has 1 aliphatic heterocycles. The van der Waals surface area contributed by atoms with Crippen LogP contribution in [0.15, 0.2) is 18.2 Å².